The first-order chi connectivity index (χ1) is 6.29. The Bertz CT molecular complexity index is 297. The molecular weight excluding hydrogens is 162 g/mol. The molecule has 0 atom stereocenters. The molecule has 1 rings (SSSR count). The van der Waals surface area contributed by atoms with Crippen molar-refractivity contribution in [1.82, 2.24) is 4.98 Å². The molecule has 0 unspecified atom stereocenters. The zero-order valence-electron chi connectivity index (χ0n) is 7.64. The molecule has 0 aliphatic rings. The quantitative estimate of drug-likeness (QED) is 0.708. The number of nitrogens with two attached hydrogens (primary N) is 1. The van der Waals surface area contributed by atoms with Crippen LogP contribution in [-0.4, -0.2) is 11.2 Å². The number of aromatic nitrogens is 1. The maximum atomic E-state index is 5.43. The standard InChI is InChI=1S/C10H13N3/c1-9(11)5-7-12-8-10-4-2-3-6-13-10/h2-7H,8,11H2,1H3/b9-5-,12-7?. The topological polar surface area (TPSA) is 51.3 Å². The SMILES string of the molecule is C/C(N)=C/C=NCc1ccccn1. The van der Waals surface area contributed by atoms with Crippen LogP contribution >= 0.6 is 0 Å². The minimum Gasteiger partial charge on any atom is -0.402 e. The third-order valence-electron chi connectivity index (χ3n) is 1.42. The predicted octanol–water partition coefficient (Wildman–Crippen LogP) is 1.51. The molecule has 1 heterocycles. The van der Waals surface area contributed by atoms with Crippen LogP contribution in [0.3, 0.4) is 0 Å². The molecule has 0 radical (unpaired) electrons. The molecule has 0 saturated heterocycles. The second-order valence-electron chi connectivity index (χ2n) is 2.72. The third kappa shape index (κ3) is 4.06. The second-order valence-corrected chi connectivity index (χ2v) is 2.72. The maximum absolute atomic E-state index is 5.43. The van der Waals surface area contributed by atoms with Crippen LogP contribution in [0.5, 0.6) is 0 Å². The van der Waals surface area contributed by atoms with Gasteiger partial charge in [0.15, 0.2) is 0 Å². The first kappa shape index (κ1) is 9.45. The minimum atomic E-state index is 0.602. The van der Waals surface area contributed by atoms with Gasteiger partial charge in [0.25, 0.3) is 0 Å². The molecule has 0 saturated carbocycles. The van der Waals surface area contributed by atoms with Crippen molar-refractivity contribution < 1.29 is 0 Å². The summed E-state index contributed by atoms with van der Waals surface area (Å²) in [7, 11) is 0. The van der Waals surface area contributed by atoms with Crippen LogP contribution in [0.2, 0.25) is 0 Å². The van der Waals surface area contributed by atoms with Gasteiger partial charge in [-0.1, -0.05) is 6.07 Å². The van der Waals surface area contributed by atoms with E-state index in [1.165, 1.54) is 0 Å². The number of hydrogen-bond donors (Lipinski definition) is 1. The fourth-order valence-electron chi connectivity index (χ4n) is 0.808. The largest absolute Gasteiger partial charge is 0.402 e. The average Bonchev–Trinajstić information content (AvgIpc) is 2.14. The lowest BCUT2D eigenvalue weighted by Gasteiger charge is -1.92. The van der Waals surface area contributed by atoms with Crippen molar-refractivity contribution in [3.05, 3.63) is 41.9 Å². The molecule has 3 heteroatoms. The monoisotopic (exact) mass is 175 g/mol. The lowest BCUT2D eigenvalue weighted by atomic mass is 10.3. The van der Waals surface area contributed by atoms with Gasteiger partial charge >= 0.3 is 0 Å². The van der Waals surface area contributed by atoms with Gasteiger partial charge < -0.3 is 5.73 Å². The molecule has 13 heavy (non-hydrogen) atoms. The molecule has 0 aliphatic carbocycles. The molecule has 0 amide bonds. The van der Waals surface area contributed by atoms with Gasteiger partial charge in [-0.25, -0.2) is 0 Å². The Morgan fingerprint density at radius 2 is 2.46 bits per heavy atom. The van der Waals surface area contributed by atoms with Crippen LogP contribution in [0.1, 0.15) is 12.6 Å². The molecule has 68 valence electrons. The lowest BCUT2D eigenvalue weighted by Crippen LogP contribution is -1.90. The van der Waals surface area contributed by atoms with Gasteiger partial charge in [0, 0.05) is 18.1 Å². The molecule has 0 fully saturated rings. The van der Waals surface area contributed by atoms with Gasteiger partial charge in [-0.15, -0.1) is 0 Å². The summed E-state index contributed by atoms with van der Waals surface area (Å²) in [5, 5.41) is 0. The normalized spacial score (nSPS) is 12.2. The number of hydrogen-bond acceptors (Lipinski definition) is 3. The highest BCUT2D eigenvalue weighted by Crippen LogP contribution is 1.94. The summed E-state index contributed by atoms with van der Waals surface area (Å²) >= 11 is 0. The molecular formula is C10H13N3. The van der Waals surface area contributed by atoms with E-state index in [9.17, 15) is 0 Å². The molecule has 0 bridgehead atoms. The van der Waals surface area contributed by atoms with Gasteiger partial charge in [-0.2, -0.15) is 0 Å². The van der Waals surface area contributed by atoms with E-state index in [0.717, 1.165) is 11.4 Å². The fraction of sp³-hybridized carbons (Fsp3) is 0.200. The van der Waals surface area contributed by atoms with Crippen LogP contribution in [0, 0.1) is 0 Å². The summed E-state index contributed by atoms with van der Waals surface area (Å²) in [6.45, 7) is 2.43. The van der Waals surface area contributed by atoms with Crippen LogP contribution in [0.25, 0.3) is 0 Å². The minimum absolute atomic E-state index is 0.602. The Balaban J connectivity index is 2.44. The van der Waals surface area contributed by atoms with E-state index in [-0.39, 0.29) is 0 Å². The number of nitrogens with zero attached hydrogens (tertiary/aromatic N) is 2. The fourth-order valence-corrected chi connectivity index (χ4v) is 0.808. The van der Waals surface area contributed by atoms with Crippen LogP contribution in [0.4, 0.5) is 0 Å². The Kier molecular flexibility index (Phi) is 3.70. The smallest absolute Gasteiger partial charge is 0.0811 e. The highest BCUT2D eigenvalue weighted by atomic mass is 14.8. The Labute approximate surface area is 78.0 Å². The van der Waals surface area contributed by atoms with Crippen molar-refractivity contribution in [3.8, 4) is 0 Å². The summed E-state index contributed by atoms with van der Waals surface area (Å²) in [5.74, 6) is 0. The third-order valence-corrected chi connectivity index (χ3v) is 1.42. The zero-order chi connectivity index (χ0) is 9.52. The number of pyridine rings is 1. The molecule has 1 aromatic heterocycles. The van der Waals surface area contributed by atoms with Crippen molar-refractivity contribution in [3.63, 3.8) is 0 Å². The van der Waals surface area contributed by atoms with E-state index >= 15 is 0 Å². The predicted molar refractivity (Wildman–Crippen MR) is 54.4 cm³/mol. The van der Waals surface area contributed by atoms with Gasteiger partial charge in [-0.3, -0.25) is 9.98 Å². The number of aliphatic imine (C=N–C) groups is 1. The van der Waals surface area contributed by atoms with Crippen molar-refractivity contribution in [2.75, 3.05) is 0 Å². The number of rotatable bonds is 3. The van der Waals surface area contributed by atoms with Gasteiger partial charge in [0.05, 0.1) is 12.2 Å². The Morgan fingerprint density at radius 3 is 3.08 bits per heavy atom. The van der Waals surface area contributed by atoms with Crippen molar-refractivity contribution >= 4 is 6.21 Å². The summed E-state index contributed by atoms with van der Waals surface area (Å²) in [4.78, 5) is 8.27. The molecule has 1 aromatic rings. The average molecular weight is 175 g/mol. The van der Waals surface area contributed by atoms with E-state index in [1.807, 2.05) is 25.1 Å². The van der Waals surface area contributed by atoms with Crippen molar-refractivity contribution in [2.45, 2.75) is 13.5 Å². The van der Waals surface area contributed by atoms with Crippen molar-refractivity contribution in [2.24, 2.45) is 10.7 Å². The van der Waals surface area contributed by atoms with E-state index < -0.39 is 0 Å². The molecule has 0 aliphatic heterocycles. The van der Waals surface area contributed by atoms with Crippen LogP contribution in [0.15, 0.2) is 41.2 Å². The van der Waals surface area contributed by atoms with E-state index in [2.05, 4.69) is 9.98 Å². The molecule has 0 aromatic carbocycles. The summed E-state index contributed by atoms with van der Waals surface area (Å²) in [6.07, 6.45) is 5.22. The van der Waals surface area contributed by atoms with Gasteiger partial charge in [-0.05, 0) is 25.1 Å². The highest BCUT2D eigenvalue weighted by Gasteiger charge is 1.86. The summed E-state index contributed by atoms with van der Waals surface area (Å²) < 4.78 is 0. The molecule has 2 N–H and O–H groups in total. The summed E-state index contributed by atoms with van der Waals surface area (Å²) in [6, 6.07) is 5.77. The Morgan fingerprint density at radius 1 is 1.62 bits per heavy atom. The second kappa shape index (κ2) is 5.09. The highest BCUT2D eigenvalue weighted by molar-refractivity contribution is 5.71. The van der Waals surface area contributed by atoms with E-state index in [4.69, 9.17) is 5.73 Å². The lowest BCUT2D eigenvalue weighted by molar-refractivity contribution is 0.996. The first-order valence-corrected chi connectivity index (χ1v) is 4.11. The molecule has 3 nitrogen and oxygen atoms in total. The molecule has 0 spiro atoms. The number of allylic oxidation sites excluding steroid dienone is 2. The van der Waals surface area contributed by atoms with Crippen LogP contribution < -0.4 is 5.73 Å². The van der Waals surface area contributed by atoms with Crippen LogP contribution in [-0.2, 0) is 6.54 Å². The van der Waals surface area contributed by atoms with Gasteiger partial charge in [0.2, 0.25) is 0 Å². The van der Waals surface area contributed by atoms with E-state index in [0.29, 0.717) is 6.54 Å². The van der Waals surface area contributed by atoms with Gasteiger partial charge in [0.1, 0.15) is 0 Å². The zero-order valence-corrected chi connectivity index (χ0v) is 7.64. The van der Waals surface area contributed by atoms with Crippen molar-refractivity contribution in [1.29, 1.82) is 0 Å². The first-order valence-electron chi connectivity index (χ1n) is 4.11. The summed E-state index contributed by atoms with van der Waals surface area (Å²) in [5.41, 5.74) is 7.14. The van der Waals surface area contributed by atoms with E-state index in [1.54, 1.807) is 18.5 Å². The maximum Gasteiger partial charge on any atom is 0.0811 e. The Hall–Kier alpha value is -1.64.